The van der Waals surface area contributed by atoms with Crippen LogP contribution in [0.25, 0.3) is 11.4 Å². The van der Waals surface area contributed by atoms with E-state index in [0.29, 0.717) is 5.01 Å². The Morgan fingerprint density at radius 2 is 2.50 bits per heavy atom. The van der Waals surface area contributed by atoms with Gasteiger partial charge < -0.3 is 15.8 Å². The average Bonchev–Trinajstić information content (AvgIpc) is 2.87. The first kappa shape index (κ1) is 10.8. The lowest BCUT2D eigenvalue weighted by Gasteiger charge is -2.03. The van der Waals surface area contributed by atoms with E-state index in [1.807, 2.05) is 23.7 Å². The van der Waals surface area contributed by atoms with E-state index in [1.54, 1.807) is 0 Å². The molecule has 0 spiro atoms. The van der Waals surface area contributed by atoms with Crippen LogP contribution in [0.3, 0.4) is 0 Å². The van der Waals surface area contributed by atoms with Gasteiger partial charge in [0.25, 0.3) is 0 Å². The summed E-state index contributed by atoms with van der Waals surface area (Å²) in [5, 5.41) is 11.1. The predicted octanol–water partition coefficient (Wildman–Crippen LogP) is 1.61. The van der Waals surface area contributed by atoms with Crippen molar-refractivity contribution in [1.82, 2.24) is 9.97 Å². The zero-order valence-electron chi connectivity index (χ0n) is 8.38. The summed E-state index contributed by atoms with van der Waals surface area (Å²) >= 11 is 1.38. The molecule has 0 bridgehead atoms. The molecule has 0 fully saturated rings. The summed E-state index contributed by atoms with van der Waals surface area (Å²) in [6.45, 7) is 0. The molecule has 4 N–H and O–H groups in total. The van der Waals surface area contributed by atoms with Gasteiger partial charge in [0.15, 0.2) is 0 Å². The molecule has 84 valence electrons. The second kappa shape index (κ2) is 4.46. The second-order valence-electron chi connectivity index (χ2n) is 3.36. The van der Waals surface area contributed by atoms with E-state index in [9.17, 15) is 4.79 Å². The van der Waals surface area contributed by atoms with Gasteiger partial charge in [-0.15, -0.1) is 11.3 Å². The third-order valence-corrected chi connectivity index (χ3v) is 3.08. The summed E-state index contributed by atoms with van der Waals surface area (Å²) in [5.41, 5.74) is 7.42. The molecule has 2 aromatic heterocycles. The fourth-order valence-electron chi connectivity index (χ4n) is 1.35. The summed E-state index contributed by atoms with van der Waals surface area (Å²) < 4.78 is 0. The SMILES string of the molecule is NC(CC(=O)O)c1nc(-c2ccc[nH]2)cs1. The van der Waals surface area contributed by atoms with Gasteiger partial charge in [0.05, 0.1) is 23.9 Å². The Morgan fingerprint density at radius 1 is 1.69 bits per heavy atom. The third kappa shape index (κ3) is 2.29. The third-order valence-electron chi connectivity index (χ3n) is 2.11. The van der Waals surface area contributed by atoms with E-state index in [1.165, 1.54) is 11.3 Å². The molecule has 0 aliphatic carbocycles. The molecule has 2 rings (SSSR count). The largest absolute Gasteiger partial charge is 0.481 e. The van der Waals surface area contributed by atoms with Gasteiger partial charge in [-0.2, -0.15) is 0 Å². The first-order valence-electron chi connectivity index (χ1n) is 4.73. The van der Waals surface area contributed by atoms with Gasteiger partial charge in [0, 0.05) is 11.6 Å². The fraction of sp³-hybridized carbons (Fsp3) is 0.200. The molecule has 0 saturated heterocycles. The lowest BCUT2D eigenvalue weighted by Crippen LogP contribution is -2.14. The summed E-state index contributed by atoms with van der Waals surface area (Å²) in [7, 11) is 0. The minimum absolute atomic E-state index is 0.0995. The molecule has 6 heteroatoms. The first-order valence-corrected chi connectivity index (χ1v) is 5.61. The molecule has 0 saturated carbocycles. The molecular formula is C10H11N3O2S. The number of H-pyrrole nitrogens is 1. The van der Waals surface area contributed by atoms with Crippen molar-refractivity contribution in [3.63, 3.8) is 0 Å². The summed E-state index contributed by atoms with van der Waals surface area (Å²) in [6, 6.07) is 3.25. The molecule has 2 heterocycles. The van der Waals surface area contributed by atoms with Crippen molar-refractivity contribution in [2.75, 3.05) is 0 Å². The number of aromatic amines is 1. The molecule has 1 unspecified atom stereocenters. The molecule has 0 aliphatic heterocycles. The van der Waals surface area contributed by atoms with E-state index >= 15 is 0 Å². The van der Waals surface area contributed by atoms with E-state index in [-0.39, 0.29) is 6.42 Å². The number of nitrogens with zero attached hydrogens (tertiary/aromatic N) is 1. The Labute approximate surface area is 95.9 Å². The molecule has 0 amide bonds. The van der Waals surface area contributed by atoms with Crippen LogP contribution in [-0.2, 0) is 4.79 Å². The Balaban J connectivity index is 2.16. The maximum atomic E-state index is 10.5. The van der Waals surface area contributed by atoms with Crippen LogP contribution in [-0.4, -0.2) is 21.0 Å². The van der Waals surface area contributed by atoms with Gasteiger partial charge >= 0.3 is 5.97 Å². The van der Waals surface area contributed by atoms with Crippen molar-refractivity contribution >= 4 is 17.3 Å². The van der Waals surface area contributed by atoms with Crippen LogP contribution in [0.5, 0.6) is 0 Å². The molecule has 1 atom stereocenters. The van der Waals surface area contributed by atoms with Crippen LogP contribution in [0, 0.1) is 0 Å². The highest BCUT2D eigenvalue weighted by Gasteiger charge is 2.15. The van der Waals surface area contributed by atoms with E-state index in [4.69, 9.17) is 10.8 Å². The monoisotopic (exact) mass is 237 g/mol. The van der Waals surface area contributed by atoms with E-state index in [0.717, 1.165) is 11.4 Å². The van der Waals surface area contributed by atoms with Gasteiger partial charge in [-0.05, 0) is 12.1 Å². The Hall–Kier alpha value is -1.66. The van der Waals surface area contributed by atoms with Crippen molar-refractivity contribution in [2.45, 2.75) is 12.5 Å². The van der Waals surface area contributed by atoms with Gasteiger partial charge in [-0.1, -0.05) is 0 Å². The highest BCUT2D eigenvalue weighted by Crippen LogP contribution is 2.24. The summed E-state index contributed by atoms with van der Waals surface area (Å²) in [5.74, 6) is -0.913. The number of hydrogen-bond acceptors (Lipinski definition) is 4. The number of nitrogens with two attached hydrogens (primary N) is 1. The molecule has 0 aliphatic rings. The van der Waals surface area contributed by atoms with Crippen molar-refractivity contribution in [3.8, 4) is 11.4 Å². The predicted molar refractivity (Wildman–Crippen MR) is 61.1 cm³/mol. The standard InChI is InChI=1S/C10H11N3O2S/c11-6(4-9(14)15)10-13-8(5-16-10)7-2-1-3-12-7/h1-3,5-6,12H,4,11H2,(H,14,15). The minimum Gasteiger partial charge on any atom is -0.481 e. The number of thiazole rings is 1. The van der Waals surface area contributed by atoms with Crippen LogP contribution >= 0.6 is 11.3 Å². The normalized spacial score (nSPS) is 12.6. The molecule has 5 nitrogen and oxygen atoms in total. The van der Waals surface area contributed by atoms with Crippen LogP contribution in [0.4, 0.5) is 0 Å². The number of nitrogens with one attached hydrogen (secondary N) is 1. The number of aliphatic carboxylic acids is 1. The fourth-order valence-corrected chi connectivity index (χ4v) is 2.17. The number of aromatic nitrogens is 2. The van der Waals surface area contributed by atoms with Gasteiger partial charge in [-0.25, -0.2) is 4.98 Å². The number of rotatable bonds is 4. The number of carboxylic acids is 1. The maximum absolute atomic E-state index is 10.5. The quantitative estimate of drug-likeness (QED) is 0.753. The zero-order chi connectivity index (χ0) is 11.5. The zero-order valence-corrected chi connectivity index (χ0v) is 9.20. The highest BCUT2D eigenvalue weighted by atomic mass is 32.1. The Morgan fingerprint density at radius 3 is 3.12 bits per heavy atom. The minimum atomic E-state index is -0.913. The second-order valence-corrected chi connectivity index (χ2v) is 4.25. The Bertz CT molecular complexity index is 478. The lowest BCUT2D eigenvalue weighted by molar-refractivity contribution is -0.137. The van der Waals surface area contributed by atoms with Crippen molar-refractivity contribution in [1.29, 1.82) is 0 Å². The molecule has 0 radical (unpaired) electrons. The van der Waals surface area contributed by atoms with Crippen molar-refractivity contribution in [2.24, 2.45) is 5.73 Å². The first-order chi connectivity index (χ1) is 7.66. The van der Waals surface area contributed by atoms with Crippen LogP contribution in [0.1, 0.15) is 17.5 Å². The smallest absolute Gasteiger partial charge is 0.305 e. The number of carboxylic acid groups (broad SMARTS) is 1. The number of hydrogen-bond donors (Lipinski definition) is 3. The maximum Gasteiger partial charge on any atom is 0.305 e. The topological polar surface area (TPSA) is 92.0 Å². The Kier molecular flexibility index (Phi) is 3.02. The molecule has 0 aromatic carbocycles. The van der Waals surface area contributed by atoms with Crippen molar-refractivity contribution < 1.29 is 9.90 Å². The highest BCUT2D eigenvalue weighted by molar-refractivity contribution is 7.10. The van der Waals surface area contributed by atoms with Gasteiger partial charge in [-0.3, -0.25) is 4.79 Å². The van der Waals surface area contributed by atoms with E-state index in [2.05, 4.69) is 9.97 Å². The van der Waals surface area contributed by atoms with Crippen molar-refractivity contribution in [3.05, 3.63) is 28.7 Å². The van der Waals surface area contributed by atoms with Gasteiger partial charge in [0.1, 0.15) is 5.01 Å². The summed E-state index contributed by atoms with van der Waals surface area (Å²) in [6.07, 6.45) is 1.71. The van der Waals surface area contributed by atoms with E-state index < -0.39 is 12.0 Å². The lowest BCUT2D eigenvalue weighted by atomic mass is 10.2. The summed E-state index contributed by atoms with van der Waals surface area (Å²) in [4.78, 5) is 17.8. The average molecular weight is 237 g/mol. The molecule has 2 aromatic rings. The van der Waals surface area contributed by atoms with Crippen LogP contribution in [0.15, 0.2) is 23.7 Å². The van der Waals surface area contributed by atoms with Crippen LogP contribution < -0.4 is 5.73 Å². The van der Waals surface area contributed by atoms with Crippen LogP contribution in [0.2, 0.25) is 0 Å². The molecular weight excluding hydrogens is 226 g/mol. The number of carbonyl (C=O) groups is 1. The van der Waals surface area contributed by atoms with Gasteiger partial charge in [0.2, 0.25) is 0 Å². The molecule has 16 heavy (non-hydrogen) atoms.